The van der Waals surface area contributed by atoms with Crippen LogP contribution in [0.3, 0.4) is 0 Å². The zero-order valence-electron chi connectivity index (χ0n) is 6.10. The summed E-state index contributed by atoms with van der Waals surface area (Å²) < 4.78 is 0. The van der Waals surface area contributed by atoms with Gasteiger partial charge in [-0.1, -0.05) is 0 Å². The summed E-state index contributed by atoms with van der Waals surface area (Å²) in [6.07, 6.45) is 0. The van der Waals surface area contributed by atoms with Crippen LogP contribution in [0.25, 0.3) is 0 Å². The molecule has 0 aliphatic heterocycles. The van der Waals surface area contributed by atoms with Crippen LogP contribution in [-0.2, 0) is 0 Å². The van der Waals surface area contributed by atoms with E-state index in [4.69, 9.17) is 0 Å². The Balaban J connectivity index is 3.61. The second-order valence-corrected chi connectivity index (χ2v) is 1.92. The van der Waals surface area contributed by atoms with E-state index in [-0.39, 0.29) is 0 Å². The van der Waals surface area contributed by atoms with E-state index in [2.05, 4.69) is 4.99 Å². The lowest BCUT2D eigenvalue weighted by atomic mass is 10.6. The molecule has 0 radical (unpaired) electrons. The molecule has 0 unspecified atom stereocenters. The summed E-state index contributed by atoms with van der Waals surface area (Å²) >= 11 is 0. The molecule has 48 valence electrons. The first-order valence-corrected chi connectivity index (χ1v) is 2.86. The van der Waals surface area contributed by atoms with Crippen LogP contribution in [0.2, 0.25) is 0 Å². The lowest BCUT2D eigenvalue weighted by Gasteiger charge is -2.09. The molecule has 0 amide bonds. The molecule has 0 N–H and O–H groups in total. The molecule has 0 aromatic heterocycles. The van der Waals surface area contributed by atoms with Gasteiger partial charge in [-0.3, -0.25) is 4.99 Å². The smallest absolute Gasteiger partial charge is 0.0952 e. The summed E-state index contributed by atoms with van der Waals surface area (Å²) in [6, 6.07) is 0. The maximum Gasteiger partial charge on any atom is 0.0952 e. The summed E-state index contributed by atoms with van der Waals surface area (Å²) in [7, 11) is 3.99. The third-order valence-electron chi connectivity index (χ3n) is 1.03. The minimum Gasteiger partial charge on any atom is -0.367 e. The first-order chi connectivity index (χ1) is 3.68. The average molecular weight is 114 g/mol. The third kappa shape index (κ3) is 2.61. The monoisotopic (exact) mass is 114 g/mol. The van der Waals surface area contributed by atoms with Crippen molar-refractivity contribution in [1.29, 1.82) is 0 Å². The minimum atomic E-state index is 0.879. The highest BCUT2D eigenvalue weighted by Gasteiger charge is 1.87. The maximum absolute atomic E-state index is 4.17. The molecule has 0 spiro atoms. The molecule has 0 rings (SSSR count). The molecule has 0 saturated heterocycles. The van der Waals surface area contributed by atoms with Crippen molar-refractivity contribution in [1.82, 2.24) is 4.90 Å². The Morgan fingerprint density at radius 2 is 2.00 bits per heavy atom. The van der Waals surface area contributed by atoms with Gasteiger partial charge < -0.3 is 4.90 Å². The van der Waals surface area contributed by atoms with Gasteiger partial charge in [0, 0.05) is 20.6 Å². The Kier molecular flexibility index (Phi) is 3.24. The van der Waals surface area contributed by atoms with Gasteiger partial charge in [-0.2, -0.15) is 0 Å². The van der Waals surface area contributed by atoms with Crippen molar-refractivity contribution in [2.24, 2.45) is 4.99 Å². The van der Waals surface area contributed by atoms with Crippen molar-refractivity contribution >= 4 is 5.84 Å². The van der Waals surface area contributed by atoms with E-state index in [0.29, 0.717) is 0 Å². The van der Waals surface area contributed by atoms with Crippen molar-refractivity contribution < 1.29 is 0 Å². The first kappa shape index (κ1) is 7.47. The van der Waals surface area contributed by atoms with Crippen molar-refractivity contribution in [3.05, 3.63) is 0 Å². The van der Waals surface area contributed by atoms with Gasteiger partial charge in [-0.25, -0.2) is 0 Å². The molecule has 8 heavy (non-hydrogen) atoms. The highest BCUT2D eigenvalue weighted by molar-refractivity contribution is 5.78. The van der Waals surface area contributed by atoms with Crippen LogP contribution in [0.1, 0.15) is 13.8 Å². The number of hydrogen-bond acceptors (Lipinski definition) is 1. The molecule has 0 heterocycles. The van der Waals surface area contributed by atoms with Gasteiger partial charge in [-0.15, -0.1) is 0 Å². The number of amidine groups is 1. The Hall–Kier alpha value is -0.530. The summed E-state index contributed by atoms with van der Waals surface area (Å²) in [5, 5.41) is 0. The molecule has 0 aliphatic carbocycles. The summed E-state index contributed by atoms with van der Waals surface area (Å²) in [6.45, 7) is 4.92. The second kappa shape index (κ2) is 3.47. The lowest BCUT2D eigenvalue weighted by molar-refractivity contribution is 0.614. The molecule has 0 fully saturated rings. The van der Waals surface area contributed by atoms with E-state index in [1.165, 1.54) is 0 Å². The molecule has 0 aromatic carbocycles. The Morgan fingerprint density at radius 3 is 2.12 bits per heavy atom. The van der Waals surface area contributed by atoms with Crippen LogP contribution >= 0.6 is 0 Å². The average Bonchev–Trinajstić information content (AvgIpc) is 1.67. The van der Waals surface area contributed by atoms with Gasteiger partial charge in [0.15, 0.2) is 0 Å². The fraction of sp³-hybridized carbons (Fsp3) is 0.833. The molecule has 0 aliphatic rings. The quantitative estimate of drug-likeness (QED) is 0.366. The van der Waals surface area contributed by atoms with Crippen LogP contribution in [0.5, 0.6) is 0 Å². The van der Waals surface area contributed by atoms with E-state index in [1.54, 1.807) is 0 Å². The first-order valence-electron chi connectivity index (χ1n) is 2.86. The molecule has 2 nitrogen and oxygen atoms in total. The van der Waals surface area contributed by atoms with Crippen molar-refractivity contribution in [2.45, 2.75) is 13.8 Å². The van der Waals surface area contributed by atoms with Crippen molar-refractivity contribution in [2.75, 3.05) is 20.6 Å². The van der Waals surface area contributed by atoms with E-state index in [1.807, 2.05) is 32.8 Å². The molecule has 2 heteroatoms. The largest absolute Gasteiger partial charge is 0.367 e. The van der Waals surface area contributed by atoms with E-state index >= 15 is 0 Å². The van der Waals surface area contributed by atoms with Gasteiger partial charge in [0.2, 0.25) is 0 Å². The van der Waals surface area contributed by atoms with Gasteiger partial charge in [0.25, 0.3) is 0 Å². The van der Waals surface area contributed by atoms with Crippen LogP contribution in [-0.4, -0.2) is 31.4 Å². The van der Waals surface area contributed by atoms with E-state index < -0.39 is 0 Å². The SMILES string of the molecule is CC/N=C(\C)N(C)C. The summed E-state index contributed by atoms with van der Waals surface area (Å²) in [5.74, 6) is 1.09. The molecule has 0 aromatic rings. The van der Waals surface area contributed by atoms with Crippen LogP contribution in [0.4, 0.5) is 0 Å². The van der Waals surface area contributed by atoms with Crippen LogP contribution in [0, 0.1) is 0 Å². The maximum atomic E-state index is 4.17. The third-order valence-corrected chi connectivity index (χ3v) is 1.03. The van der Waals surface area contributed by atoms with Crippen LogP contribution < -0.4 is 0 Å². The number of aliphatic imine (C=N–C) groups is 1. The predicted molar refractivity (Wildman–Crippen MR) is 37.3 cm³/mol. The minimum absolute atomic E-state index is 0.879. The van der Waals surface area contributed by atoms with Crippen molar-refractivity contribution in [3.8, 4) is 0 Å². The molecule has 0 bridgehead atoms. The second-order valence-electron chi connectivity index (χ2n) is 1.92. The highest BCUT2D eigenvalue weighted by Crippen LogP contribution is 1.80. The van der Waals surface area contributed by atoms with Crippen LogP contribution in [0.15, 0.2) is 4.99 Å². The molecule has 0 saturated carbocycles. The Morgan fingerprint density at radius 1 is 1.50 bits per heavy atom. The predicted octanol–water partition coefficient (Wildman–Crippen LogP) is 0.986. The van der Waals surface area contributed by atoms with E-state index in [9.17, 15) is 0 Å². The number of rotatable bonds is 1. The number of nitrogens with zero attached hydrogens (tertiary/aromatic N) is 2. The lowest BCUT2D eigenvalue weighted by Crippen LogP contribution is -2.18. The number of hydrogen-bond donors (Lipinski definition) is 0. The summed E-state index contributed by atoms with van der Waals surface area (Å²) in [4.78, 5) is 6.17. The van der Waals surface area contributed by atoms with E-state index in [0.717, 1.165) is 12.4 Å². The molecular weight excluding hydrogens is 100 g/mol. The standard InChI is InChI=1S/C6H14N2/c1-5-7-6(2)8(3)4/h5H2,1-4H3/b7-6+. The normalized spacial score (nSPS) is 11.8. The van der Waals surface area contributed by atoms with Gasteiger partial charge >= 0.3 is 0 Å². The molecule has 0 atom stereocenters. The zero-order chi connectivity index (χ0) is 6.57. The zero-order valence-corrected chi connectivity index (χ0v) is 6.10. The molecular formula is C6H14N2. The fourth-order valence-electron chi connectivity index (χ4n) is 0.370. The highest BCUT2D eigenvalue weighted by atomic mass is 15.1. The topological polar surface area (TPSA) is 15.6 Å². The fourth-order valence-corrected chi connectivity index (χ4v) is 0.370. The van der Waals surface area contributed by atoms with Crippen molar-refractivity contribution in [3.63, 3.8) is 0 Å². The summed E-state index contributed by atoms with van der Waals surface area (Å²) in [5.41, 5.74) is 0. The van der Waals surface area contributed by atoms with Gasteiger partial charge in [0.05, 0.1) is 5.84 Å². The van der Waals surface area contributed by atoms with Gasteiger partial charge in [0.1, 0.15) is 0 Å². The Labute approximate surface area is 51.2 Å². The van der Waals surface area contributed by atoms with Gasteiger partial charge in [-0.05, 0) is 13.8 Å². The Bertz CT molecular complexity index is 84.5.